The first-order chi connectivity index (χ1) is 7.33. The predicted octanol–water partition coefficient (Wildman–Crippen LogP) is 1.06. The molecule has 2 heterocycles. The van der Waals surface area contributed by atoms with E-state index >= 15 is 0 Å². The molecule has 1 N–H and O–H groups in total. The predicted molar refractivity (Wildman–Crippen MR) is 58.4 cm³/mol. The minimum absolute atomic E-state index is 0.227. The topological polar surface area (TPSA) is 32.3 Å². The summed E-state index contributed by atoms with van der Waals surface area (Å²) in [5.74, 6) is 0.227. The molecule has 3 aliphatic rings. The number of rotatable bonds is 3. The molecule has 1 amide bonds. The summed E-state index contributed by atoms with van der Waals surface area (Å²) in [4.78, 5) is 14.1. The lowest BCUT2D eigenvalue weighted by molar-refractivity contribution is -0.123. The van der Waals surface area contributed by atoms with Gasteiger partial charge in [0.2, 0.25) is 5.91 Å². The molecule has 0 aromatic heterocycles. The Bertz CT molecular complexity index is 296. The fraction of sp³-hybridized carbons (Fsp3) is 0.750. The van der Waals surface area contributed by atoms with E-state index in [4.69, 9.17) is 0 Å². The van der Waals surface area contributed by atoms with Gasteiger partial charge in [0.25, 0.3) is 0 Å². The van der Waals surface area contributed by atoms with Crippen molar-refractivity contribution in [2.24, 2.45) is 0 Å². The summed E-state index contributed by atoms with van der Waals surface area (Å²) in [6, 6.07) is 1.66. The van der Waals surface area contributed by atoms with E-state index in [1.54, 1.807) is 0 Å². The van der Waals surface area contributed by atoms with Gasteiger partial charge in [-0.2, -0.15) is 0 Å². The Morgan fingerprint density at radius 2 is 2.20 bits per heavy atom. The van der Waals surface area contributed by atoms with Crippen LogP contribution in [0.5, 0.6) is 0 Å². The van der Waals surface area contributed by atoms with Gasteiger partial charge in [0.1, 0.15) is 0 Å². The fourth-order valence-electron chi connectivity index (χ4n) is 2.73. The zero-order chi connectivity index (χ0) is 10.3. The van der Waals surface area contributed by atoms with Gasteiger partial charge in [-0.05, 0) is 32.1 Å². The van der Waals surface area contributed by atoms with Gasteiger partial charge in [0, 0.05) is 18.1 Å². The van der Waals surface area contributed by atoms with Gasteiger partial charge < -0.3 is 5.32 Å². The molecule has 1 aliphatic carbocycles. The molecule has 1 saturated carbocycles. The summed E-state index contributed by atoms with van der Waals surface area (Å²) < 4.78 is 0. The van der Waals surface area contributed by atoms with Crippen molar-refractivity contribution in [3.05, 3.63) is 12.2 Å². The number of hydrogen-bond acceptors (Lipinski definition) is 2. The number of nitrogens with zero attached hydrogens (tertiary/aromatic N) is 1. The highest BCUT2D eigenvalue weighted by molar-refractivity contribution is 5.78. The van der Waals surface area contributed by atoms with Crippen LogP contribution in [0.2, 0.25) is 0 Å². The fourth-order valence-corrected chi connectivity index (χ4v) is 2.73. The number of fused-ring (bicyclic) bond motifs is 2. The Morgan fingerprint density at radius 3 is 2.93 bits per heavy atom. The summed E-state index contributed by atoms with van der Waals surface area (Å²) >= 11 is 0. The van der Waals surface area contributed by atoms with Crippen molar-refractivity contribution in [3.63, 3.8) is 0 Å². The zero-order valence-corrected chi connectivity index (χ0v) is 8.98. The van der Waals surface area contributed by atoms with Crippen LogP contribution < -0.4 is 5.32 Å². The highest BCUT2D eigenvalue weighted by Gasteiger charge is 2.35. The Kier molecular flexibility index (Phi) is 2.28. The van der Waals surface area contributed by atoms with Gasteiger partial charge in [-0.25, -0.2) is 0 Å². The maximum absolute atomic E-state index is 11.7. The summed E-state index contributed by atoms with van der Waals surface area (Å²) in [6.45, 7) is 0.607. The number of carbonyl (C=O) groups is 1. The van der Waals surface area contributed by atoms with E-state index in [1.807, 2.05) is 0 Å². The molecule has 2 bridgehead atoms. The normalized spacial score (nSPS) is 34.4. The molecule has 2 unspecified atom stereocenters. The van der Waals surface area contributed by atoms with Gasteiger partial charge in [0.15, 0.2) is 0 Å². The van der Waals surface area contributed by atoms with Crippen LogP contribution in [0.15, 0.2) is 12.2 Å². The van der Waals surface area contributed by atoms with Crippen LogP contribution in [-0.2, 0) is 4.79 Å². The number of carbonyl (C=O) groups excluding carboxylic acids is 1. The van der Waals surface area contributed by atoms with Crippen LogP contribution >= 0.6 is 0 Å². The van der Waals surface area contributed by atoms with E-state index in [1.165, 1.54) is 25.7 Å². The van der Waals surface area contributed by atoms with Crippen molar-refractivity contribution in [1.29, 1.82) is 0 Å². The van der Waals surface area contributed by atoms with E-state index < -0.39 is 0 Å². The third-order valence-electron chi connectivity index (χ3n) is 3.73. The van der Waals surface area contributed by atoms with Crippen molar-refractivity contribution in [2.75, 3.05) is 6.54 Å². The third kappa shape index (κ3) is 1.93. The lowest BCUT2D eigenvalue weighted by atomic mass is 10.1. The third-order valence-corrected chi connectivity index (χ3v) is 3.73. The number of hydrogen-bond donors (Lipinski definition) is 1. The van der Waals surface area contributed by atoms with Gasteiger partial charge in [-0.3, -0.25) is 9.69 Å². The monoisotopic (exact) mass is 206 g/mol. The van der Waals surface area contributed by atoms with Crippen LogP contribution in [0, 0.1) is 0 Å². The SMILES string of the molecule is O=C(CN1C2C=CCC1CC2)NC1CC1. The molecule has 3 nitrogen and oxygen atoms in total. The molecule has 3 rings (SSSR count). The molecular formula is C12H18N2O. The van der Waals surface area contributed by atoms with Crippen molar-refractivity contribution in [1.82, 2.24) is 10.2 Å². The smallest absolute Gasteiger partial charge is 0.234 e. The second-order valence-corrected chi connectivity index (χ2v) is 4.98. The van der Waals surface area contributed by atoms with Crippen LogP contribution in [0.1, 0.15) is 32.1 Å². The molecule has 1 saturated heterocycles. The van der Waals surface area contributed by atoms with Crippen LogP contribution in [-0.4, -0.2) is 35.5 Å². The molecule has 0 spiro atoms. The van der Waals surface area contributed by atoms with Gasteiger partial charge in [-0.1, -0.05) is 12.2 Å². The average molecular weight is 206 g/mol. The van der Waals surface area contributed by atoms with Crippen molar-refractivity contribution >= 4 is 5.91 Å². The summed E-state index contributed by atoms with van der Waals surface area (Å²) in [6.07, 6.45) is 10.5. The lowest BCUT2D eigenvalue weighted by Gasteiger charge is -2.30. The minimum Gasteiger partial charge on any atom is -0.352 e. The van der Waals surface area contributed by atoms with E-state index in [2.05, 4.69) is 22.4 Å². The van der Waals surface area contributed by atoms with Crippen molar-refractivity contribution < 1.29 is 4.79 Å². The van der Waals surface area contributed by atoms with E-state index in [9.17, 15) is 4.79 Å². The second kappa shape index (κ2) is 3.63. The van der Waals surface area contributed by atoms with Gasteiger partial charge in [0.05, 0.1) is 6.54 Å². The first-order valence-electron chi connectivity index (χ1n) is 6.05. The standard InChI is InChI=1S/C12H18N2O/c15-12(13-9-4-5-9)8-14-10-2-1-3-11(14)7-6-10/h1-2,9-11H,3-8H2,(H,13,15). The summed E-state index contributed by atoms with van der Waals surface area (Å²) in [5, 5.41) is 3.07. The molecule has 2 fully saturated rings. The van der Waals surface area contributed by atoms with Gasteiger partial charge in [-0.15, -0.1) is 0 Å². The second-order valence-electron chi connectivity index (χ2n) is 4.98. The first-order valence-corrected chi connectivity index (χ1v) is 6.05. The van der Waals surface area contributed by atoms with Crippen LogP contribution in [0.4, 0.5) is 0 Å². The number of amides is 1. The molecular weight excluding hydrogens is 188 g/mol. The average Bonchev–Trinajstić information content (AvgIpc) is 2.97. The maximum Gasteiger partial charge on any atom is 0.234 e. The molecule has 3 heteroatoms. The van der Waals surface area contributed by atoms with Crippen LogP contribution in [0.3, 0.4) is 0 Å². The highest BCUT2D eigenvalue weighted by Crippen LogP contribution is 2.31. The van der Waals surface area contributed by atoms with Gasteiger partial charge >= 0.3 is 0 Å². The quantitative estimate of drug-likeness (QED) is 0.700. The number of nitrogens with one attached hydrogen (secondary N) is 1. The van der Waals surface area contributed by atoms with Crippen molar-refractivity contribution in [2.45, 2.75) is 50.2 Å². The Morgan fingerprint density at radius 1 is 1.33 bits per heavy atom. The molecule has 15 heavy (non-hydrogen) atoms. The largest absolute Gasteiger partial charge is 0.352 e. The van der Waals surface area contributed by atoms with Crippen molar-refractivity contribution in [3.8, 4) is 0 Å². The molecule has 2 atom stereocenters. The molecule has 0 aromatic rings. The molecule has 82 valence electrons. The molecule has 0 radical (unpaired) electrons. The summed E-state index contributed by atoms with van der Waals surface area (Å²) in [5.41, 5.74) is 0. The Labute approximate surface area is 90.5 Å². The van der Waals surface area contributed by atoms with E-state index in [0.29, 0.717) is 24.7 Å². The maximum atomic E-state index is 11.7. The summed E-state index contributed by atoms with van der Waals surface area (Å²) in [7, 11) is 0. The minimum atomic E-state index is 0.227. The first kappa shape index (κ1) is 9.40. The van der Waals surface area contributed by atoms with E-state index in [0.717, 1.165) is 6.42 Å². The molecule has 0 aromatic carbocycles. The lowest BCUT2D eigenvalue weighted by Crippen LogP contribution is -2.44. The zero-order valence-electron chi connectivity index (χ0n) is 8.98. The van der Waals surface area contributed by atoms with Crippen LogP contribution in [0.25, 0.3) is 0 Å². The highest BCUT2D eigenvalue weighted by atomic mass is 16.2. The Balaban J connectivity index is 1.58. The van der Waals surface area contributed by atoms with E-state index in [-0.39, 0.29) is 5.91 Å². The molecule has 2 aliphatic heterocycles. The Hall–Kier alpha value is -0.830.